The quantitative estimate of drug-likeness (QED) is 0.759. The lowest BCUT2D eigenvalue weighted by Gasteiger charge is -2.18. The molecule has 0 bridgehead atoms. The fourth-order valence-corrected chi connectivity index (χ4v) is 1.88. The van der Waals surface area contributed by atoms with E-state index in [9.17, 15) is 18.0 Å². The molecule has 3 N–H and O–H groups in total. The highest BCUT2D eigenvalue weighted by Gasteiger charge is 2.34. The van der Waals surface area contributed by atoms with Gasteiger partial charge >= 0.3 is 6.18 Å². The first-order valence-corrected chi connectivity index (χ1v) is 5.60. The summed E-state index contributed by atoms with van der Waals surface area (Å²) in [6, 6.07) is -0.581. The number of likely N-dealkylation sites (tertiary alicyclic amines) is 1. The van der Waals surface area contributed by atoms with Crippen LogP contribution in [0, 0.1) is 5.92 Å². The van der Waals surface area contributed by atoms with E-state index >= 15 is 0 Å². The molecule has 1 aliphatic heterocycles. The molecule has 0 aromatic rings. The van der Waals surface area contributed by atoms with Crippen LogP contribution < -0.4 is 11.1 Å². The summed E-state index contributed by atoms with van der Waals surface area (Å²) >= 11 is 0. The molecule has 1 fully saturated rings. The van der Waals surface area contributed by atoms with Crippen LogP contribution in [0.3, 0.4) is 0 Å². The van der Waals surface area contributed by atoms with Gasteiger partial charge in [-0.15, -0.1) is 0 Å². The minimum absolute atomic E-state index is 0.0834. The zero-order valence-electron chi connectivity index (χ0n) is 9.76. The summed E-state index contributed by atoms with van der Waals surface area (Å²) in [4.78, 5) is 12.5. The van der Waals surface area contributed by atoms with Gasteiger partial charge in [-0.1, -0.05) is 0 Å². The summed E-state index contributed by atoms with van der Waals surface area (Å²) in [6.07, 6.45) is -3.47. The molecule has 2 unspecified atom stereocenters. The van der Waals surface area contributed by atoms with Crippen molar-refractivity contribution in [2.24, 2.45) is 11.7 Å². The van der Waals surface area contributed by atoms with Crippen molar-refractivity contribution in [1.82, 2.24) is 10.2 Å². The minimum atomic E-state index is -4.15. The second-order valence-corrected chi connectivity index (χ2v) is 4.54. The van der Waals surface area contributed by atoms with Crippen molar-refractivity contribution in [3.8, 4) is 0 Å². The molecule has 1 aliphatic rings. The highest BCUT2D eigenvalue weighted by Crippen LogP contribution is 2.22. The topological polar surface area (TPSA) is 58.4 Å². The Bertz CT molecular complexity index is 268. The monoisotopic (exact) mass is 253 g/mol. The molecule has 1 amide bonds. The van der Waals surface area contributed by atoms with Crippen LogP contribution >= 0.6 is 0 Å². The normalized spacial score (nSPS) is 23.7. The van der Waals surface area contributed by atoms with Crippen molar-refractivity contribution >= 4 is 5.91 Å². The zero-order valence-corrected chi connectivity index (χ0v) is 9.76. The third kappa shape index (κ3) is 5.36. The largest absolute Gasteiger partial charge is 0.401 e. The number of nitrogens with one attached hydrogen (secondary N) is 1. The highest BCUT2D eigenvalue weighted by atomic mass is 19.4. The molecule has 4 nitrogen and oxygen atoms in total. The van der Waals surface area contributed by atoms with Gasteiger partial charge in [-0.05, 0) is 25.8 Å². The average Bonchev–Trinajstić information content (AvgIpc) is 2.59. The maximum Gasteiger partial charge on any atom is 0.401 e. The van der Waals surface area contributed by atoms with Gasteiger partial charge in [0.2, 0.25) is 5.91 Å². The van der Waals surface area contributed by atoms with Crippen LogP contribution in [0.15, 0.2) is 0 Å². The maximum absolute atomic E-state index is 12.1. The predicted molar refractivity (Wildman–Crippen MR) is 57.3 cm³/mol. The van der Waals surface area contributed by atoms with Gasteiger partial charge in [0, 0.05) is 13.1 Å². The number of alkyl halides is 3. The molecule has 1 rings (SSSR count). The third-order valence-corrected chi connectivity index (χ3v) is 2.75. The van der Waals surface area contributed by atoms with Crippen molar-refractivity contribution in [2.45, 2.75) is 25.6 Å². The molecule has 0 saturated carbocycles. The van der Waals surface area contributed by atoms with Crippen LogP contribution in [0.1, 0.15) is 13.3 Å². The number of hydrogen-bond donors (Lipinski definition) is 2. The number of amides is 1. The number of hydrogen-bond acceptors (Lipinski definition) is 3. The van der Waals surface area contributed by atoms with Gasteiger partial charge in [-0.25, -0.2) is 0 Å². The van der Waals surface area contributed by atoms with Crippen LogP contribution in [0.2, 0.25) is 0 Å². The van der Waals surface area contributed by atoms with E-state index in [2.05, 4.69) is 5.32 Å². The summed E-state index contributed by atoms with van der Waals surface area (Å²) in [5.74, 6) is -0.181. The summed E-state index contributed by atoms with van der Waals surface area (Å²) in [6.45, 7) is 1.90. The van der Waals surface area contributed by atoms with E-state index < -0.39 is 18.8 Å². The van der Waals surface area contributed by atoms with E-state index in [0.29, 0.717) is 26.1 Å². The number of nitrogens with two attached hydrogens (primary N) is 1. The van der Waals surface area contributed by atoms with Crippen LogP contribution in [-0.4, -0.2) is 49.2 Å². The lowest BCUT2D eigenvalue weighted by Crippen LogP contribution is -2.41. The molecule has 2 atom stereocenters. The van der Waals surface area contributed by atoms with Gasteiger partial charge in [0.15, 0.2) is 0 Å². The number of halogens is 3. The van der Waals surface area contributed by atoms with E-state index in [1.807, 2.05) is 0 Å². The molecule has 0 spiro atoms. The lowest BCUT2D eigenvalue weighted by atomic mass is 10.1. The Labute approximate surface area is 98.3 Å². The summed E-state index contributed by atoms with van der Waals surface area (Å²) in [5, 5.41) is 2.64. The van der Waals surface area contributed by atoms with Gasteiger partial charge < -0.3 is 11.1 Å². The smallest absolute Gasteiger partial charge is 0.354 e. The first-order chi connectivity index (χ1) is 7.78. The molecule has 1 saturated heterocycles. The average molecular weight is 253 g/mol. The Hall–Kier alpha value is -0.820. The Balaban J connectivity index is 2.24. The fraction of sp³-hybridized carbons (Fsp3) is 0.900. The van der Waals surface area contributed by atoms with E-state index in [1.54, 1.807) is 6.92 Å². The summed E-state index contributed by atoms with van der Waals surface area (Å²) < 4.78 is 36.4. The van der Waals surface area contributed by atoms with Gasteiger partial charge in [0.1, 0.15) is 0 Å². The highest BCUT2D eigenvalue weighted by molar-refractivity contribution is 5.80. The SMILES string of the molecule is CC(N)C(=O)NCC1CCN(CC(F)(F)F)C1. The van der Waals surface area contributed by atoms with Crippen molar-refractivity contribution in [2.75, 3.05) is 26.2 Å². The van der Waals surface area contributed by atoms with E-state index in [1.165, 1.54) is 4.90 Å². The summed E-state index contributed by atoms with van der Waals surface area (Å²) in [7, 11) is 0. The minimum Gasteiger partial charge on any atom is -0.354 e. The van der Waals surface area contributed by atoms with Crippen LogP contribution in [0.5, 0.6) is 0 Å². The van der Waals surface area contributed by atoms with Crippen LogP contribution in [0.25, 0.3) is 0 Å². The van der Waals surface area contributed by atoms with Gasteiger partial charge in [-0.3, -0.25) is 9.69 Å². The molecular formula is C10H18F3N3O. The molecule has 0 aromatic heterocycles. The molecule has 0 aliphatic carbocycles. The molecule has 1 heterocycles. The third-order valence-electron chi connectivity index (χ3n) is 2.75. The molecule has 0 radical (unpaired) electrons. The molecule has 100 valence electrons. The Kier molecular flexibility index (Phi) is 4.76. The Morgan fingerprint density at radius 2 is 2.24 bits per heavy atom. The fourth-order valence-electron chi connectivity index (χ4n) is 1.88. The second-order valence-electron chi connectivity index (χ2n) is 4.54. The predicted octanol–water partition coefficient (Wildman–Crippen LogP) is 0.334. The first kappa shape index (κ1) is 14.2. The number of rotatable bonds is 4. The number of carbonyl (C=O) groups is 1. The van der Waals surface area contributed by atoms with Gasteiger partial charge in [0.05, 0.1) is 12.6 Å². The summed E-state index contributed by atoms with van der Waals surface area (Å²) in [5.41, 5.74) is 5.36. The molecular weight excluding hydrogens is 235 g/mol. The second kappa shape index (κ2) is 5.68. The van der Waals surface area contributed by atoms with Crippen molar-refractivity contribution in [1.29, 1.82) is 0 Å². The van der Waals surface area contributed by atoms with Gasteiger partial charge in [0.25, 0.3) is 0 Å². The van der Waals surface area contributed by atoms with E-state index in [-0.39, 0.29) is 11.8 Å². The van der Waals surface area contributed by atoms with Crippen molar-refractivity contribution < 1.29 is 18.0 Å². The molecule has 0 aromatic carbocycles. The van der Waals surface area contributed by atoms with Crippen molar-refractivity contribution in [3.05, 3.63) is 0 Å². The van der Waals surface area contributed by atoms with Crippen LogP contribution in [0.4, 0.5) is 13.2 Å². The number of carbonyl (C=O) groups excluding carboxylic acids is 1. The van der Waals surface area contributed by atoms with Gasteiger partial charge in [-0.2, -0.15) is 13.2 Å². The molecule has 7 heteroatoms. The zero-order chi connectivity index (χ0) is 13.1. The molecule has 17 heavy (non-hydrogen) atoms. The van der Waals surface area contributed by atoms with E-state index in [4.69, 9.17) is 5.73 Å². The Morgan fingerprint density at radius 1 is 1.59 bits per heavy atom. The van der Waals surface area contributed by atoms with Crippen molar-refractivity contribution in [3.63, 3.8) is 0 Å². The van der Waals surface area contributed by atoms with Crippen LogP contribution in [-0.2, 0) is 4.79 Å². The maximum atomic E-state index is 12.1. The lowest BCUT2D eigenvalue weighted by molar-refractivity contribution is -0.143. The number of nitrogens with zero attached hydrogens (tertiary/aromatic N) is 1. The van der Waals surface area contributed by atoms with E-state index in [0.717, 1.165) is 0 Å². The Morgan fingerprint density at radius 3 is 2.76 bits per heavy atom. The standard InChI is InChI=1S/C10H18F3N3O/c1-7(14)9(17)15-4-8-2-3-16(5-8)6-10(11,12)13/h7-8H,2-6,14H2,1H3,(H,15,17). The first-order valence-electron chi connectivity index (χ1n) is 5.60.